The summed E-state index contributed by atoms with van der Waals surface area (Å²) in [4.78, 5) is 16.1. The summed E-state index contributed by atoms with van der Waals surface area (Å²) in [5.74, 6) is 1.49. The Morgan fingerprint density at radius 3 is 2.91 bits per heavy atom. The lowest BCUT2D eigenvalue weighted by Gasteiger charge is -2.11. The molecule has 0 radical (unpaired) electrons. The number of nitrogens with zero attached hydrogens (tertiary/aromatic N) is 2. The van der Waals surface area contributed by atoms with Gasteiger partial charge in [-0.1, -0.05) is 0 Å². The molecule has 3 aromatic rings. The van der Waals surface area contributed by atoms with Gasteiger partial charge < -0.3 is 14.0 Å². The normalized spacial score (nSPS) is 10.7. The zero-order valence-electron chi connectivity index (χ0n) is 12.5. The molecule has 2 aromatic heterocycles. The highest BCUT2D eigenvalue weighted by Gasteiger charge is 2.05. The highest BCUT2D eigenvalue weighted by atomic mass is 79.9. The standard InChI is InChI=1S/C17H15BrN2O3/c1-22-13-3-4-14-15(10-13)19-7-6-16(14)23-9-8-20-11-12(18)2-5-17(20)21/h2-7,10-11H,8-9H2,1H3. The van der Waals surface area contributed by atoms with E-state index in [1.165, 1.54) is 6.07 Å². The van der Waals surface area contributed by atoms with Gasteiger partial charge in [0.05, 0.1) is 19.2 Å². The Morgan fingerprint density at radius 1 is 1.22 bits per heavy atom. The number of pyridine rings is 2. The second-order valence-corrected chi connectivity index (χ2v) is 5.84. The van der Waals surface area contributed by atoms with Crippen LogP contribution >= 0.6 is 15.9 Å². The van der Waals surface area contributed by atoms with Gasteiger partial charge in [-0.25, -0.2) is 0 Å². The number of benzene rings is 1. The molecule has 1 aromatic carbocycles. The average molecular weight is 375 g/mol. The molecule has 0 saturated heterocycles. The van der Waals surface area contributed by atoms with E-state index in [2.05, 4.69) is 20.9 Å². The Labute approximate surface area is 141 Å². The van der Waals surface area contributed by atoms with Gasteiger partial charge in [-0.3, -0.25) is 9.78 Å². The van der Waals surface area contributed by atoms with E-state index in [9.17, 15) is 4.79 Å². The monoisotopic (exact) mass is 374 g/mol. The number of fused-ring (bicyclic) bond motifs is 1. The Balaban J connectivity index is 1.77. The molecule has 0 atom stereocenters. The predicted octanol–water partition coefficient (Wildman–Crippen LogP) is 3.25. The van der Waals surface area contributed by atoms with Gasteiger partial charge in [0.1, 0.15) is 18.1 Å². The van der Waals surface area contributed by atoms with Crippen molar-refractivity contribution >= 4 is 26.8 Å². The number of ether oxygens (including phenoxy) is 2. The van der Waals surface area contributed by atoms with Crippen molar-refractivity contribution in [3.05, 3.63) is 63.6 Å². The van der Waals surface area contributed by atoms with E-state index in [-0.39, 0.29) is 5.56 Å². The van der Waals surface area contributed by atoms with Crippen molar-refractivity contribution in [2.75, 3.05) is 13.7 Å². The van der Waals surface area contributed by atoms with E-state index in [1.807, 2.05) is 24.3 Å². The molecule has 6 heteroatoms. The molecule has 3 rings (SSSR count). The van der Waals surface area contributed by atoms with Crippen LogP contribution in [0.15, 0.2) is 58.1 Å². The van der Waals surface area contributed by atoms with Crippen LogP contribution in [-0.4, -0.2) is 23.3 Å². The fourth-order valence-electron chi connectivity index (χ4n) is 2.29. The third kappa shape index (κ3) is 3.53. The molecule has 2 heterocycles. The highest BCUT2D eigenvalue weighted by Crippen LogP contribution is 2.26. The molecular formula is C17H15BrN2O3. The maximum Gasteiger partial charge on any atom is 0.250 e. The van der Waals surface area contributed by atoms with Crippen molar-refractivity contribution in [1.29, 1.82) is 0 Å². The number of rotatable bonds is 5. The number of hydrogen-bond acceptors (Lipinski definition) is 4. The fourth-order valence-corrected chi connectivity index (χ4v) is 2.66. The quantitative estimate of drug-likeness (QED) is 0.687. The van der Waals surface area contributed by atoms with Gasteiger partial charge in [-0.15, -0.1) is 0 Å². The van der Waals surface area contributed by atoms with Crippen molar-refractivity contribution in [3.8, 4) is 11.5 Å². The van der Waals surface area contributed by atoms with Gasteiger partial charge in [0.2, 0.25) is 0 Å². The summed E-state index contributed by atoms with van der Waals surface area (Å²) in [5.41, 5.74) is 0.752. The molecule has 0 amide bonds. The molecule has 0 spiro atoms. The van der Waals surface area contributed by atoms with Crippen molar-refractivity contribution in [2.24, 2.45) is 0 Å². The molecule has 5 nitrogen and oxygen atoms in total. The average Bonchev–Trinajstić information content (AvgIpc) is 2.57. The van der Waals surface area contributed by atoms with Gasteiger partial charge in [-0.05, 0) is 40.2 Å². The minimum atomic E-state index is -0.0545. The fraction of sp³-hybridized carbons (Fsp3) is 0.176. The van der Waals surface area contributed by atoms with Crippen LogP contribution in [0.1, 0.15) is 0 Å². The summed E-state index contributed by atoms with van der Waals surface area (Å²) >= 11 is 3.36. The summed E-state index contributed by atoms with van der Waals surface area (Å²) in [5, 5.41) is 0.912. The van der Waals surface area contributed by atoms with Crippen LogP contribution in [0, 0.1) is 0 Å². The van der Waals surface area contributed by atoms with Crippen LogP contribution in [0.25, 0.3) is 10.9 Å². The Hall–Kier alpha value is -2.34. The molecular weight excluding hydrogens is 360 g/mol. The number of aromatic nitrogens is 2. The molecule has 118 valence electrons. The summed E-state index contributed by atoms with van der Waals surface area (Å²) < 4.78 is 13.5. The Morgan fingerprint density at radius 2 is 2.09 bits per heavy atom. The number of hydrogen-bond donors (Lipinski definition) is 0. The zero-order valence-corrected chi connectivity index (χ0v) is 14.1. The minimum Gasteiger partial charge on any atom is -0.497 e. The summed E-state index contributed by atoms with van der Waals surface area (Å²) in [7, 11) is 1.62. The van der Waals surface area contributed by atoms with E-state index >= 15 is 0 Å². The van der Waals surface area contributed by atoms with Crippen molar-refractivity contribution in [1.82, 2.24) is 9.55 Å². The van der Waals surface area contributed by atoms with Gasteiger partial charge >= 0.3 is 0 Å². The smallest absolute Gasteiger partial charge is 0.250 e. The molecule has 0 fully saturated rings. The van der Waals surface area contributed by atoms with Gasteiger partial charge in [0, 0.05) is 34.4 Å². The van der Waals surface area contributed by atoms with E-state index < -0.39 is 0 Å². The molecule has 0 unspecified atom stereocenters. The van der Waals surface area contributed by atoms with Crippen LogP contribution in [0.4, 0.5) is 0 Å². The predicted molar refractivity (Wildman–Crippen MR) is 92.2 cm³/mol. The third-order valence-electron chi connectivity index (χ3n) is 3.45. The number of halogens is 1. The first-order valence-electron chi connectivity index (χ1n) is 7.09. The van der Waals surface area contributed by atoms with Gasteiger partial charge in [0.15, 0.2) is 0 Å². The van der Waals surface area contributed by atoms with Crippen molar-refractivity contribution in [2.45, 2.75) is 6.54 Å². The first-order valence-corrected chi connectivity index (χ1v) is 7.88. The summed E-state index contributed by atoms with van der Waals surface area (Å²) in [6, 6.07) is 10.7. The zero-order chi connectivity index (χ0) is 16.2. The first kappa shape index (κ1) is 15.6. The van der Waals surface area contributed by atoms with Crippen LogP contribution in [-0.2, 0) is 6.54 Å². The molecule has 0 aliphatic heterocycles. The molecule has 0 bridgehead atoms. The summed E-state index contributed by atoms with van der Waals surface area (Å²) in [6.07, 6.45) is 3.45. The summed E-state index contributed by atoms with van der Waals surface area (Å²) in [6.45, 7) is 0.861. The van der Waals surface area contributed by atoms with E-state index in [0.29, 0.717) is 13.2 Å². The topological polar surface area (TPSA) is 53.4 Å². The van der Waals surface area contributed by atoms with Crippen molar-refractivity contribution in [3.63, 3.8) is 0 Å². The molecule has 0 N–H and O–H groups in total. The van der Waals surface area contributed by atoms with Crippen LogP contribution in [0.5, 0.6) is 11.5 Å². The highest BCUT2D eigenvalue weighted by molar-refractivity contribution is 9.10. The van der Waals surface area contributed by atoms with Gasteiger partial charge in [0.25, 0.3) is 5.56 Å². The second-order valence-electron chi connectivity index (χ2n) is 4.92. The molecule has 0 aliphatic carbocycles. The second kappa shape index (κ2) is 6.83. The minimum absolute atomic E-state index is 0.0545. The SMILES string of the molecule is COc1ccc2c(OCCn3cc(Br)ccc3=O)ccnc2c1. The molecule has 0 aliphatic rings. The Kier molecular flexibility index (Phi) is 4.62. The lowest BCUT2D eigenvalue weighted by Crippen LogP contribution is -2.21. The van der Waals surface area contributed by atoms with E-state index in [4.69, 9.17) is 9.47 Å². The third-order valence-corrected chi connectivity index (χ3v) is 3.92. The van der Waals surface area contributed by atoms with E-state index in [1.54, 1.807) is 30.1 Å². The lowest BCUT2D eigenvalue weighted by molar-refractivity contribution is 0.299. The Bertz CT molecular complexity index is 892. The first-order chi connectivity index (χ1) is 11.2. The lowest BCUT2D eigenvalue weighted by atomic mass is 10.2. The van der Waals surface area contributed by atoms with E-state index in [0.717, 1.165) is 26.9 Å². The largest absolute Gasteiger partial charge is 0.497 e. The van der Waals surface area contributed by atoms with Crippen LogP contribution in [0.2, 0.25) is 0 Å². The van der Waals surface area contributed by atoms with Crippen LogP contribution < -0.4 is 15.0 Å². The maximum atomic E-state index is 11.8. The van der Waals surface area contributed by atoms with Crippen LogP contribution in [0.3, 0.4) is 0 Å². The van der Waals surface area contributed by atoms with Gasteiger partial charge in [-0.2, -0.15) is 0 Å². The van der Waals surface area contributed by atoms with Crippen molar-refractivity contribution < 1.29 is 9.47 Å². The maximum absolute atomic E-state index is 11.8. The molecule has 0 saturated carbocycles. The molecule has 23 heavy (non-hydrogen) atoms. The number of methoxy groups -OCH3 is 1.